The predicted molar refractivity (Wildman–Crippen MR) is 101 cm³/mol. The van der Waals surface area contributed by atoms with E-state index < -0.39 is 0 Å². The maximum absolute atomic E-state index is 13.1. The summed E-state index contributed by atoms with van der Waals surface area (Å²) in [6.07, 6.45) is 0. The zero-order valence-electron chi connectivity index (χ0n) is 14.7. The van der Waals surface area contributed by atoms with Crippen LogP contribution in [0.4, 0.5) is 10.1 Å². The molecule has 3 aromatic rings. The minimum Gasteiger partial charge on any atom is -0.369 e. The van der Waals surface area contributed by atoms with Crippen LogP contribution in [0.5, 0.6) is 0 Å². The average Bonchev–Trinajstić information content (AvgIpc) is 2.67. The third-order valence-electron chi connectivity index (χ3n) is 4.95. The molecule has 1 saturated heterocycles. The molecule has 0 atom stereocenters. The molecule has 1 aromatic heterocycles. The molecule has 0 aliphatic carbocycles. The highest BCUT2D eigenvalue weighted by atomic mass is 19.1. The van der Waals surface area contributed by atoms with Gasteiger partial charge in [-0.2, -0.15) is 5.10 Å². The van der Waals surface area contributed by atoms with Gasteiger partial charge in [0.2, 0.25) is 0 Å². The lowest BCUT2D eigenvalue weighted by Crippen LogP contribution is -2.48. The van der Waals surface area contributed by atoms with Crippen LogP contribution in [0.15, 0.2) is 53.3 Å². The fourth-order valence-electron chi connectivity index (χ4n) is 3.49. The van der Waals surface area contributed by atoms with Crippen molar-refractivity contribution in [2.45, 2.75) is 13.6 Å². The number of aryl methyl sites for hydroxylation is 1. The second-order valence-electron chi connectivity index (χ2n) is 6.66. The van der Waals surface area contributed by atoms with Gasteiger partial charge in [0.25, 0.3) is 5.56 Å². The van der Waals surface area contributed by atoms with E-state index in [1.807, 2.05) is 43.3 Å². The normalized spacial score (nSPS) is 15.5. The Kier molecular flexibility index (Phi) is 4.42. The standard InChI is InChI=1S/C20H21FN4O/c1-15-18-4-2-3-5-19(18)20(26)25(22-15)14-23-10-12-24(13-11-23)17-8-6-16(21)7-9-17/h2-9H,10-14H2,1H3. The number of anilines is 1. The Balaban J connectivity index is 1.48. The second-order valence-corrected chi connectivity index (χ2v) is 6.66. The van der Waals surface area contributed by atoms with E-state index in [2.05, 4.69) is 14.9 Å². The summed E-state index contributed by atoms with van der Waals surface area (Å²) < 4.78 is 14.6. The number of benzene rings is 2. The summed E-state index contributed by atoms with van der Waals surface area (Å²) in [5, 5.41) is 6.11. The number of hydrogen-bond acceptors (Lipinski definition) is 4. The molecule has 0 N–H and O–H groups in total. The van der Waals surface area contributed by atoms with Crippen LogP contribution in [0.3, 0.4) is 0 Å². The van der Waals surface area contributed by atoms with Gasteiger partial charge in [-0.1, -0.05) is 18.2 Å². The zero-order chi connectivity index (χ0) is 18.1. The number of nitrogens with zero attached hydrogens (tertiary/aromatic N) is 4. The lowest BCUT2D eigenvalue weighted by Gasteiger charge is -2.36. The molecule has 2 heterocycles. The lowest BCUT2D eigenvalue weighted by molar-refractivity contribution is 0.191. The van der Waals surface area contributed by atoms with Gasteiger partial charge in [-0.15, -0.1) is 0 Å². The van der Waals surface area contributed by atoms with E-state index in [-0.39, 0.29) is 11.4 Å². The highest BCUT2D eigenvalue weighted by Crippen LogP contribution is 2.17. The molecule has 0 unspecified atom stereocenters. The maximum atomic E-state index is 13.1. The van der Waals surface area contributed by atoms with E-state index in [4.69, 9.17) is 0 Å². The van der Waals surface area contributed by atoms with Crippen molar-refractivity contribution in [2.75, 3.05) is 31.1 Å². The summed E-state index contributed by atoms with van der Waals surface area (Å²) >= 11 is 0. The van der Waals surface area contributed by atoms with Crippen molar-refractivity contribution in [3.05, 3.63) is 70.4 Å². The van der Waals surface area contributed by atoms with E-state index in [0.717, 1.165) is 42.9 Å². The molecular weight excluding hydrogens is 331 g/mol. The van der Waals surface area contributed by atoms with Crippen molar-refractivity contribution >= 4 is 16.5 Å². The van der Waals surface area contributed by atoms with Crippen LogP contribution in [-0.4, -0.2) is 40.9 Å². The Morgan fingerprint density at radius 2 is 1.62 bits per heavy atom. The molecule has 134 valence electrons. The number of halogens is 1. The van der Waals surface area contributed by atoms with Crippen LogP contribution in [0.1, 0.15) is 5.69 Å². The first-order valence-electron chi connectivity index (χ1n) is 8.81. The number of hydrogen-bond donors (Lipinski definition) is 0. The van der Waals surface area contributed by atoms with E-state index in [1.54, 1.807) is 4.68 Å². The van der Waals surface area contributed by atoms with E-state index in [1.165, 1.54) is 12.1 Å². The first kappa shape index (κ1) is 16.7. The Bertz CT molecular complexity index is 975. The number of aromatic nitrogens is 2. The summed E-state index contributed by atoms with van der Waals surface area (Å²) in [6.45, 7) is 5.77. The number of fused-ring (bicyclic) bond motifs is 1. The van der Waals surface area contributed by atoms with Crippen molar-refractivity contribution in [1.82, 2.24) is 14.7 Å². The minimum atomic E-state index is -0.218. The highest BCUT2D eigenvalue weighted by molar-refractivity contribution is 5.83. The monoisotopic (exact) mass is 352 g/mol. The zero-order valence-corrected chi connectivity index (χ0v) is 14.7. The van der Waals surface area contributed by atoms with Crippen LogP contribution in [0, 0.1) is 12.7 Å². The summed E-state index contributed by atoms with van der Waals surface area (Å²) in [5.74, 6) is -0.218. The second kappa shape index (κ2) is 6.88. The highest BCUT2D eigenvalue weighted by Gasteiger charge is 2.18. The van der Waals surface area contributed by atoms with Gasteiger partial charge in [-0.3, -0.25) is 9.69 Å². The third-order valence-corrected chi connectivity index (χ3v) is 4.95. The Labute approximate surface area is 151 Å². The van der Waals surface area contributed by atoms with Crippen LogP contribution in [0.25, 0.3) is 10.8 Å². The largest absolute Gasteiger partial charge is 0.369 e. The lowest BCUT2D eigenvalue weighted by atomic mass is 10.1. The molecule has 26 heavy (non-hydrogen) atoms. The molecular formula is C20H21FN4O. The fraction of sp³-hybridized carbons (Fsp3) is 0.300. The molecule has 0 spiro atoms. The summed E-state index contributed by atoms with van der Waals surface area (Å²) in [7, 11) is 0. The molecule has 1 aliphatic rings. The molecule has 1 fully saturated rings. The maximum Gasteiger partial charge on any atom is 0.275 e. The van der Waals surface area contributed by atoms with Gasteiger partial charge in [-0.05, 0) is 37.3 Å². The van der Waals surface area contributed by atoms with Crippen molar-refractivity contribution < 1.29 is 4.39 Å². The Morgan fingerprint density at radius 1 is 0.962 bits per heavy atom. The Hall–Kier alpha value is -2.73. The van der Waals surface area contributed by atoms with Gasteiger partial charge < -0.3 is 4.90 Å². The molecule has 1 aliphatic heterocycles. The van der Waals surface area contributed by atoms with Gasteiger partial charge in [0.05, 0.1) is 17.7 Å². The average molecular weight is 352 g/mol. The Morgan fingerprint density at radius 3 is 2.31 bits per heavy atom. The van der Waals surface area contributed by atoms with E-state index in [9.17, 15) is 9.18 Å². The molecule has 0 saturated carbocycles. The van der Waals surface area contributed by atoms with Crippen LogP contribution >= 0.6 is 0 Å². The van der Waals surface area contributed by atoms with E-state index >= 15 is 0 Å². The summed E-state index contributed by atoms with van der Waals surface area (Å²) in [6, 6.07) is 14.2. The molecule has 4 rings (SSSR count). The quantitative estimate of drug-likeness (QED) is 0.727. The molecule has 5 nitrogen and oxygen atoms in total. The number of piperazine rings is 1. The first-order valence-corrected chi connectivity index (χ1v) is 8.81. The van der Waals surface area contributed by atoms with Crippen LogP contribution in [0.2, 0.25) is 0 Å². The smallest absolute Gasteiger partial charge is 0.275 e. The van der Waals surface area contributed by atoms with Gasteiger partial charge >= 0.3 is 0 Å². The summed E-state index contributed by atoms with van der Waals surface area (Å²) in [5.41, 5.74) is 1.85. The molecule has 2 aromatic carbocycles. The van der Waals surface area contributed by atoms with Crippen LogP contribution < -0.4 is 10.5 Å². The topological polar surface area (TPSA) is 41.4 Å². The van der Waals surface area contributed by atoms with Gasteiger partial charge in [0.15, 0.2) is 0 Å². The first-order chi connectivity index (χ1) is 12.6. The predicted octanol–water partition coefficient (Wildman–Crippen LogP) is 2.62. The molecule has 6 heteroatoms. The van der Waals surface area contributed by atoms with Crippen molar-refractivity contribution in [3.63, 3.8) is 0 Å². The SMILES string of the molecule is Cc1nn(CN2CCN(c3ccc(F)cc3)CC2)c(=O)c2ccccc12. The van der Waals surface area contributed by atoms with Gasteiger partial charge in [-0.25, -0.2) is 9.07 Å². The van der Waals surface area contributed by atoms with Crippen molar-refractivity contribution in [2.24, 2.45) is 0 Å². The van der Waals surface area contributed by atoms with Crippen molar-refractivity contribution in [3.8, 4) is 0 Å². The summed E-state index contributed by atoms with van der Waals surface area (Å²) in [4.78, 5) is 17.2. The third kappa shape index (κ3) is 3.20. The van der Waals surface area contributed by atoms with E-state index in [0.29, 0.717) is 12.1 Å². The molecule has 0 radical (unpaired) electrons. The molecule has 0 bridgehead atoms. The minimum absolute atomic E-state index is 0.0489. The van der Waals surface area contributed by atoms with Crippen molar-refractivity contribution in [1.29, 1.82) is 0 Å². The van der Waals surface area contributed by atoms with Gasteiger partial charge in [0.1, 0.15) is 5.82 Å². The molecule has 0 amide bonds. The number of rotatable bonds is 3. The van der Waals surface area contributed by atoms with Crippen LogP contribution in [-0.2, 0) is 6.67 Å². The van der Waals surface area contributed by atoms with Gasteiger partial charge in [0, 0.05) is 37.3 Å². The fourth-order valence-corrected chi connectivity index (χ4v) is 3.49.